The van der Waals surface area contributed by atoms with Crippen LogP contribution < -0.4 is 5.43 Å². The van der Waals surface area contributed by atoms with Gasteiger partial charge in [0.15, 0.2) is 11.2 Å². The van der Waals surface area contributed by atoms with Crippen LogP contribution in [-0.4, -0.2) is 34.1 Å². The molecule has 1 aromatic carbocycles. The number of hydrazone groups is 1. The molecule has 1 amide bonds. The number of rotatable bonds is 5. The minimum absolute atomic E-state index is 0.0251. The zero-order chi connectivity index (χ0) is 23.7. The zero-order valence-electron chi connectivity index (χ0n) is 18.3. The summed E-state index contributed by atoms with van der Waals surface area (Å²) in [6.07, 6.45) is 3.90. The summed E-state index contributed by atoms with van der Waals surface area (Å²) < 4.78 is 0.854. The van der Waals surface area contributed by atoms with Crippen molar-refractivity contribution in [1.29, 1.82) is 0 Å². The van der Waals surface area contributed by atoms with Crippen LogP contribution in [0.3, 0.4) is 0 Å². The van der Waals surface area contributed by atoms with Crippen LogP contribution in [0.15, 0.2) is 56.8 Å². The quantitative estimate of drug-likeness (QED) is 0.234. The lowest BCUT2D eigenvalue weighted by atomic mass is 9.64. The van der Waals surface area contributed by atoms with E-state index in [9.17, 15) is 24.6 Å². The third-order valence-corrected chi connectivity index (χ3v) is 6.74. The highest BCUT2D eigenvalue weighted by atomic mass is 79.9. The van der Waals surface area contributed by atoms with Crippen LogP contribution in [0.2, 0.25) is 0 Å². The molecular weight excluding hydrogens is 476 g/mol. The van der Waals surface area contributed by atoms with Crippen molar-refractivity contribution >= 4 is 39.8 Å². The first-order chi connectivity index (χ1) is 15.0. The summed E-state index contributed by atoms with van der Waals surface area (Å²) in [6, 6.07) is 7.26. The number of aliphatic carboxylic acids is 1. The summed E-state index contributed by atoms with van der Waals surface area (Å²) in [5.41, 5.74) is 2.02. The molecule has 0 bridgehead atoms. The molecule has 3 N–H and O–H groups in total. The fourth-order valence-electron chi connectivity index (χ4n) is 4.44. The normalized spacial score (nSPS) is 25.6. The predicted octanol–water partition coefficient (Wildman–Crippen LogP) is 4.65. The number of allylic oxidation sites excluding steroid dienone is 4. The number of hydrogen-bond donors (Lipinski definition) is 3. The van der Waals surface area contributed by atoms with Gasteiger partial charge in [0, 0.05) is 23.2 Å². The van der Waals surface area contributed by atoms with Gasteiger partial charge in [-0.1, -0.05) is 53.6 Å². The third-order valence-electron chi connectivity index (χ3n) is 6.21. The Labute approximate surface area is 195 Å². The van der Waals surface area contributed by atoms with Gasteiger partial charge in [-0.3, -0.25) is 14.4 Å². The summed E-state index contributed by atoms with van der Waals surface area (Å²) in [7, 11) is 0. The Hall–Kier alpha value is -2.74. The third kappa shape index (κ3) is 4.70. The van der Waals surface area contributed by atoms with Crippen molar-refractivity contribution in [1.82, 2.24) is 5.43 Å². The van der Waals surface area contributed by atoms with Crippen molar-refractivity contribution in [2.24, 2.45) is 15.9 Å². The summed E-state index contributed by atoms with van der Waals surface area (Å²) in [4.78, 5) is 38.0. The number of Topliss-reactive ketones (excluding diaryl/α,β-unsaturated/α-hetero) is 1. The van der Waals surface area contributed by atoms with Gasteiger partial charge in [0.2, 0.25) is 0 Å². The molecular formula is C24H27BrN2O5. The maximum Gasteiger partial charge on any atom is 0.320 e. The number of carbonyl (C=O) groups excluding carboxylic acids is 2. The van der Waals surface area contributed by atoms with Crippen LogP contribution in [0.5, 0.6) is 0 Å². The summed E-state index contributed by atoms with van der Waals surface area (Å²) >= 11 is 3.38. The lowest BCUT2D eigenvalue weighted by molar-refractivity contribution is -0.158. The number of ketones is 1. The molecule has 0 fully saturated rings. The number of hydrogen-bond acceptors (Lipinski definition) is 5. The highest BCUT2D eigenvalue weighted by molar-refractivity contribution is 9.10. The molecule has 2 atom stereocenters. The molecule has 0 heterocycles. The van der Waals surface area contributed by atoms with Crippen molar-refractivity contribution in [2.45, 2.75) is 52.4 Å². The van der Waals surface area contributed by atoms with E-state index in [2.05, 4.69) is 26.5 Å². The Kier molecular flexibility index (Phi) is 6.74. The Bertz CT molecular complexity index is 1040. The van der Waals surface area contributed by atoms with Gasteiger partial charge in [0.25, 0.3) is 5.91 Å². The minimum Gasteiger partial charge on any atom is -0.511 e. The molecule has 170 valence electrons. The topological polar surface area (TPSA) is 116 Å². The molecule has 1 aromatic rings. The van der Waals surface area contributed by atoms with E-state index in [1.165, 1.54) is 0 Å². The fraction of sp³-hybridized carbons (Fsp3) is 0.417. The number of nitrogens with one attached hydrogen (secondary N) is 1. The second-order valence-electron chi connectivity index (χ2n) is 9.34. The van der Waals surface area contributed by atoms with E-state index in [1.54, 1.807) is 6.08 Å². The molecule has 3 rings (SSSR count). The lowest BCUT2D eigenvalue weighted by Gasteiger charge is -2.38. The van der Waals surface area contributed by atoms with E-state index >= 15 is 0 Å². The van der Waals surface area contributed by atoms with Gasteiger partial charge in [-0.25, -0.2) is 5.43 Å². The number of amides is 1. The van der Waals surface area contributed by atoms with Crippen molar-refractivity contribution in [3.63, 3.8) is 0 Å². The molecule has 0 spiro atoms. The summed E-state index contributed by atoms with van der Waals surface area (Å²) in [6.45, 7) is 5.68. The van der Waals surface area contributed by atoms with Crippen LogP contribution in [0.25, 0.3) is 0 Å². The van der Waals surface area contributed by atoms with Crippen LogP contribution >= 0.6 is 15.9 Å². The van der Waals surface area contributed by atoms with Crippen LogP contribution in [-0.2, 0) is 14.4 Å². The first-order valence-electron chi connectivity index (χ1n) is 10.4. The van der Waals surface area contributed by atoms with E-state index in [1.807, 2.05) is 45.0 Å². The molecule has 7 nitrogen and oxygen atoms in total. The Balaban J connectivity index is 1.90. The Morgan fingerprint density at radius 1 is 1.22 bits per heavy atom. The van der Waals surface area contributed by atoms with Gasteiger partial charge in [-0.05, 0) is 42.9 Å². The monoisotopic (exact) mass is 502 g/mol. The molecule has 2 unspecified atom stereocenters. The SMILES string of the molecule is CC1=CCC(C(=O)O)(C(=O)N/N=C/C2=C(O)CC(C)(C)CC2=O)C(c2ccc(Br)cc2)C1. The smallest absolute Gasteiger partial charge is 0.320 e. The van der Waals surface area contributed by atoms with Crippen molar-refractivity contribution in [2.75, 3.05) is 0 Å². The number of nitrogens with zero attached hydrogens (tertiary/aromatic N) is 1. The summed E-state index contributed by atoms with van der Waals surface area (Å²) in [5, 5.41) is 24.2. The molecule has 0 saturated heterocycles. The van der Waals surface area contributed by atoms with E-state index in [4.69, 9.17) is 0 Å². The first-order valence-corrected chi connectivity index (χ1v) is 11.2. The van der Waals surface area contributed by atoms with E-state index in [0.29, 0.717) is 12.8 Å². The van der Waals surface area contributed by atoms with Crippen molar-refractivity contribution in [3.05, 3.63) is 57.3 Å². The average molecular weight is 503 g/mol. The first kappa shape index (κ1) is 23.9. The lowest BCUT2D eigenvalue weighted by Crippen LogP contribution is -2.50. The zero-order valence-corrected chi connectivity index (χ0v) is 19.9. The molecule has 8 heteroatoms. The fourth-order valence-corrected chi connectivity index (χ4v) is 4.71. The number of halogens is 1. The van der Waals surface area contributed by atoms with Gasteiger partial charge in [0.05, 0.1) is 11.8 Å². The van der Waals surface area contributed by atoms with Crippen molar-refractivity contribution < 1.29 is 24.6 Å². The van der Waals surface area contributed by atoms with E-state index in [-0.39, 0.29) is 35.4 Å². The molecule has 2 aliphatic carbocycles. The molecule has 0 radical (unpaired) electrons. The predicted molar refractivity (Wildman–Crippen MR) is 124 cm³/mol. The summed E-state index contributed by atoms with van der Waals surface area (Å²) in [5.74, 6) is -2.94. The number of carboxylic acids is 1. The molecule has 0 saturated carbocycles. The van der Waals surface area contributed by atoms with Gasteiger partial charge in [-0.15, -0.1) is 0 Å². The number of carbonyl (C=O) groups is 3. The highest BCUT2D eigenvalue weighted by Gasteiger charge is 2.53. The molecule has 0 aromatic heterocycles. The molecule has 0 aliphatic heterocycles. The molecule has 32 heavy (non-hydrogen) atoms. The van der Waals surface area contributed by atoms with Crippen LogP contribution in [0, 0.1) is 10.8 Å². The van der Waals surface area contributed by atoms with Gasteiger partial charge in [0.1, 0.15) is 5.76 Å². The Morgan fingerprint density at radius 3 is 2.47 bits per heavy atom. The second-order valence-corrected chi connectivity index (χ2v) is 10.3. The average Bonchev–Trinajstić information content (AvgIpc) is 2.69. The van der Waals surface area contributed by atoms with E-state index < -0.39 is 23.2 Å². The van der Waals surface area contributed by atoms with Gasteiger partial charge in [-0.2, -0.15) is 5.10 Å². The standard InChI is InChI=1S/C24H27BrN2O5/c1-14-8-9-24(22(31)32,18(10-14)15-4-6-16(25)7-5-15)21(30)27-26-13-17-19(28)11-23(2,3)12-20(17)29/h4-8,13,18,28H,9-12H2,1-3H3,(H,27,30)(H,31,32)/b26-13+. The van der Waals surface area contributed by atoms with Crippen LogP contribution in [0.1, 0.15) is 57.9 Å². The minimum atomic E-state index is -1.75. The molecule has 2 aliphatic rings. The maximum absolute atomic E-state index is 13.2. The highest BCUT2D eigenvalue weighted by Crippen LogP contribution is 2.47. The maximum atomic E-state index is 13.2. The number of aliphatic hydroxyl groups excluding tert-OH is 1. The van der Waals surface area contributed by atoms with E-state index in [0.717, 1.165) is 21.8 Å². The number of carboxylic acid groups (broad SMARTS) is 1. The largest absolute Gasteiger partial charge is 0.511 e. The second kappa shape index (κ2) is 9.02. The van der Waals surface area contributed by atoms with Gasteiger partial charge >= 0.3 is 5.97 Å². The van der Waals surface area contributed by atoms with Crippen LogP contribution in [0.4, 0.5) is 0 Å². The van der Waals surface area contributed by atoms with Crippen molar-refractivity contribution in [3.8, 4) is 0 Å². The number of benzene rings is 1. The van der Waals surface area contributed by atoms with Gasteiger partial charge < -0.3 is 10.2 Å². The Morgan fingerprint density at radius 2 is 1.88 bits per heavy atom. The number of aliphatic hydroxyl groups is 1.